The van der Waals surface area contributed by atoms with E-state index in [1.807, 2.05) is 45.9 Å². The third kappa shape index (κ3) is 4.19. The van der Waals surface area contributed by atoms with Crippen molar-refractivity contribution in [1.29, 1.82) is 0 Å². The van der Waals surface area contributed by atoms with E-state index in [0.717, 1.165) is 14.5 Å². The van der Waals surface area contributed by atoms with E-state index >= 15 is 0 Å². The van der Waals surface area contributed by atoms with Gasteiger partial charge in [0.15, 0.2) is 0 Å². The Labute approximate surface area is 154 Å². The zero-order valence-electron chi connectivity index (χ0n) is 14.0. The molecule has 7 heteroatoms. The fourth-order valence-electron chi connectivity index (χ4n) is 2.48. The number of halogens is 2. The van der Waals surface area contributed by atoms with Crippen LogP contribution in [-0.4, -0.2) is 31.4 Å². The molecule has 0 N–H and O–H groups in total. The summed E-state index contributed by atoms with van der Waals surface area (Å²) in [6.07, 6.45) is 0.191. The number of benzene rings is 1. The molecule has 0 radical (unpaired) electrons. The lowest BCUT2D eigenvalue weighted by Crippen LogP contribution is -2.41. The average Bonchev–Trinajstić information content (AvgIpc) is 2.63. The summed E-state index contributed by atoms with van der Waals surface area (Å²) < 4.78 is 19.0. The van der Waals surface area contributed by atoms with Crippen LogP contribution in [0.1, 0.15) is 45.5 Å². The summed E-state index contributed by atoms with van der Waals surface area (Å²) in [6, 6.07) is 5.90. The fraction of sp³-hybridized carbons (Fsp3) is 0.562. The minimum Gasteiger partial charge on any atom is -0.469 e. The molecule has 1 fully saturated rings. The number of esters is 1. The Kier molecular flexibility index (Phi) is 5.66. The first-order valence-corrected chi connectivity index (χ1v) is 9.03. The van der Waals surface area contributed by atoms with Crippen LogP contribution in [0.5, 0.6) is 0 Å². The highest BCUT2D eigenvalue weighted by Crippen LogP contribution is 2.42. The molecule has 1 aliphatic heterocycles. The maximum absolute atomic E-state index is 11.9. The zero-order valence-corrected chi connectivity index (χ0v) is 17.2. The van der Waals surface area contributed by atoms with Crippen molar-refractivity contribution >= 4 is 44.9 Å². The number of hydrogen-bond donors (Lipinski definition) is 0. The highest BCUT2D eigenvalue weighted by molar-refractivity contribution is 9.11. The molecule has 0 saturated carbocycles. The summed E-state index contributed by atoms with van der Waals surface area (Å²) in [5.74, 6) is -0.543. The molecule has 1 aromatic carbocycles. The molecule has 1 atom stereocenters. The van der Waals surface area contributed by atoms with Crippen LogP contribution in [0.15, 0.2) is 27.1 Å². The molecular formula is C16H21BBr2O4. The van der Waals surface area contributed by atoms with Crippen molar-refractivity contribution in [3.05, 3.63) is 32.7 Å². The summed E-state index contributed by atoms with van der Waals surface area (Å²) in [5.41, 5.74) is 0.0556. The van der Waals surface area contributed by atoms with Gasteiger partial charge in [0, 0.05) is 14.8 Å². The second kappa shape index (κ2) is 6.86. The van der Waals surface area contributed by atoms with Gasteiger partial charge in [-0.05, 0) is 51.5 Å². The largest absolute Gasteiger partial charge is 0.469 e. The number of methoxy groups -OCH3 is 1. The van der Waals surface area contributed by atoms with Gasteiger partial charge in [-0.2, -0.15) is 0 Å². The smallest absolute Gasteiger partial charge is 0.466 e. The zero-order chi connectivity index (χ0) is 17.4. The predicted molar refractivity (Wildman–Crippen MR) is 97.3 cm³/mol. The lowest BCUT2D eigenvalue weighted by Gasteiger charge is -2.32. The van der Waals surface area contributed by atoms with Gasteiger partial charge in [-0.15, -0.1) is 0 Å². The van der Waals surface area contributed by atoms with Gasteiger partial charge in [-0.25, -0.2) is 0 Å². The van der Waals surface area contributed by atoms with E-state index in [9.17, 15) is 4.79 Å². The number of ether oxygens (including phenoxy) is 1. The van der Waals surface area contributed by atoms with Gasteiger partial charge in [0.25, 0.3) is 0 Å². The lowest BCUT2D eigenvalue weighted by molar-refractivity contribution is -0.140. The lowest BCUT2D eigenvalue weighted by atomic mass is 9.66. The molecule has 1 heterocycles. The maximum Gasteiger partial charge on any atom is 0.466 e. The molecule has 23 heavy (non-hydrogen) atoms. The Morgan fingerprint density at radius 1 is 1.13 bits per heavy atom. The van der Waals surface area contributed by atoms with E-state index in [1.165, 1.54) is 7.11 Å². The SMILES string of the molecule is COC(=O)CC(B1OC(C)(C)C(C)(C)O1)c1cc(Br)cc(Br)c1. The van der Waals surface area contributed by atoms with Crippen LogP contribution in [0.3, 0.4) is 0 Å². The molecule has 4 nitrogen and oxygen atoms in total. The monoisotopic (exact) mass is 446 g/mol. The summed E-state index contributed by atoms with van der Waals surface area (Å²) in [5, 5.41) is 0. The standard InChI is InChI=1S/C16H21BBr2O4/c1-15(2)16(3,4)23-17(22-15)13(9-14(20)21-5)10-6-11(18)8-12(19)7-10/h6-8,13H,9H2,1-5H3. The minimum absolute atomic E-state index is 0.191. The molecule has 2 rings (SSSR count). The van der Waals surface area contributed by atoms with Crippen molar-refractivity contribution in [3.8, 4) is 0 Å². The Hall–Kier alpha value is -0.365. The van der Waals surface area contributed by atoms with E-state index in [0.29, 0.717) is 0 Å². The second-order valence-corrected chi connectivity index (χ2v) is 8.55. The molecule has 0 aromatic heterocycles. The van der Waals surface area contributed by atoms with Crippen molar-refractivity contribution in [2.75, 3.05) is 7.11 Å². The number of hydrogen-bond acceptors (Lipinski definition) is 4. The fourth-order valence-corrected chi connectivity index (χ4v) is 3.81. The van der Waals surface area contributed by atoms with E-state index in [1.54, 1.807) is 0 Å². The molecule has 0 aliphatic carbocycles. The van der Waals surface area contributed by atoms with E-state index < -0.39 is 18.3 Å². The molecule has 0 spiro atoms. The van der Waals surface area contributed by atoms with Crippen molar-refractivity contribution < 1.29 is 18.8 Å². The highest BCUT2D eigenvalue weighted by atomic mass is 79.9. The highest BCUT2D eigenvalue weighted by Gasteiger charge is 2.54. The Bertz CT molecular complexity index is 567. The number of rotatable bonds is 4. The van der Waals surface area contributed by atoms with Gasteiger partial charge in [0.05, 0.1) is 24.7 Å². The minimum atomic E-state index is -0.514. The summed E-state index contributed by atoms with van der Waals surface area (Å²) in [6.45, 7) is 8.00. The topological polar surface area (TPSA) is 44.8 Å². The summed E-state index contributed by atoms with van der Waals surface area (Å²) in [4.78, 5) is 11.9. The molecule has 0 amide bonds. The van der Waals surface area contributed by atoms with Crippen LogP contribution in [0.25, 0.3) is 0 Å². The summed E-state index contributed by atoms with van der Waals surface area (Å²) >= 11 is 6.98. The van der Waals surface area contributed by atoms with Gasteiger partial charge in [0.1, 0.15) is 0 Å². The van der Waals surface area contributed by atoms with Crippen molar-refractivity contribution in [2.45, 2.75) is 51.1 Å². The van der Waals surface area contributed by atoms with Crippen LogP contribution in [0.4, 0.5) is 0 Å². The Balaban J connectivity index is 2.37. The van der Waals surface area contributed by atoms with E-state index in [-0.39, 0.29) is 18.2 Å². The van der Waals surface area contributed by atoms with Gasteiger partial charge in [-0.1, -0.05) is 31.9 Å². The van der Waals surface area contributed by atoms with Crippen molar-refractivity contribution in [2.24, 2.45) is 0 Å². The van der Waals surface area contributed by atoms with Crippen LogP contribution >= 0.6 is 31.9 Å². The van der Waals surface area contributed by atoms with Crippen molar-refractivity contribution in [3.63, 3.8) is 0 Å². The summed E-state index contributed by atoms with van der Waals surface area (Å²) in [7, 11) is 0.876. The van der Waals surface area contributed by atoms with E-state index in [2.05, 4.69) is 31.9 Å². The maximum atomic E-state index is 11.9. The normalized spacial score (nSPS) is 20.4. The number of carbonyl (C=O) groups is 1. The van der Waals surface area contributed by atoms with E-state index in [4.69, 9.17) is 14.0 Å². The molecule has 1 unspecified atom stereocenters. The average molecular weight is 448 g/mol. The number of carbonyl (C=O) groups excluding carboxylic acids is 1. The molecule has 1 aromatic rings. The molecule has 1 aliphatic rings. The first kappa shape index (κ1) is 19.0. The van der Waals surface area contributed by atoms with Crippen LogP contribution in [-0.2, 0) is 18.8 Å². The third-order valence-electron chi connectivity index (χ3n) is 4.53. The van der Waals surface area contributed by atoms with Gasteiger partial charge in [-0.3, -0.25) is 4.79 Å². The first-order chi connectivity index (χ1) is 10.6. The van der Waals surface area contributed by atoms with Gasteiger partial charge >= 0.3 is 13.1 Å². The first-order valence-electron chi connectivity index (χ1n) is 7.44. The molecule has 1 saturated heterocycles. The molecular weight excluding hydrogens is 427 g/mol. The van der Waals surface area contributed by atoms with Crippen molar-refractivity contribution in [1.82, 2.24) is 0 Å². The third-order valence-corrected chi connectivity index (χ3v) is 5.44. The second-order valence-electron chi connectivity index (χ2n) is 6.71. The van der Waals surface area contributed by atoms with Crippen LogP contribution < -0.4 is 0 Å². The quantitative estimate of drug-likeness (QED) is 0.504. The van der Waals surface area contributed by atoms with Gasteiger partial charge in [0.2, 0.25) is 0 Å². The molecule has 0 bridgehead atoms. The predicted octanol–water partition coefficient (Wildman–Crippen LogP) is 4.49. The Morgan fingerprint density at radius 3 is 2.04 bits per heavy atom. The Morgan fingerprint density at radius 2 is 1.61 bits per heavy atom. The molecule has 126 valence electrons. The van der Waals surface area contributed by atoms with Crippen LogP contribution in [0, 0.1) is 0 Å². The van der Waals surface area contributed by atoms with Gasteiger partial charge < -0.3 is 14.0 Å². The van der Waals surface area contributed by atoms with Crippen LogP contribution in [0.2, 0.25) is 0 Å².